The molecule has 0 saturated heterocycles. The van der Waals surface area contributed by atoms with Crippen molar-refractivity contribution >= 4 is 17.3 Å². The lowest BCUT2D eigenvalue weighted by molar-refractivity contribution is -0.119. The fourth-order valence-corrected chi connectivity index (χ4v) is 1.73. The van der Waals surface area contributed by atoms with Crippen LogP contribution in [0.4, 0.5) is 15.8 Å². The number of hydrogen-bond acceptors (Lipinski definition) is 3. The molecule has 0 spiro atoms. The molecule has 1 atom stereocenters. The van der Waals surface area contributed by atoms with Gasteiger partial charge in [0, 0.05) is 18.8 Å². The maximum absolute atomic E-state index is 13.6. The van der Waals surface area contributed by atoms with E-state index in [9.17, 15) is 9.18 Å². The molecule has 2 rings (SSSR count). The summed E-state index contributed by atoms with van der Waals surface area (Å²) >= 11 is 0. The zero-order valence-corrected chi connectivity index (χ0v) is 9.16. The summed E-state index contributed by atoms with van der Waals surface area (Å²) in [5.41, 5.74) is 6.20. The second kappa shape index (κ2) is 3.66. The molecule has 0 fully saturated rings. The molecular formula is C11H13FN2O2. The predicted octanol–water partition coefficient (Wildman–Crippen LogP) is 1.54. The Morgan fingerprint density at radius 1 is 1.56 bits per heavy atom. The van der Waals surface area contributed by atoms with Gasteiger partial charge in [0.1, 0.15) is 6.10 Å². The first-order valence-corrected chi connectivity index (χ1v) is 5.01. The summed E-state index contributed by atoms with van der Waals surface area (Å²) in [5.74, 6) is -0.560. The van der Waals surface area contributed by atoms with Crippen LogP contribution < -0.4 is 15.4 Å². The maximum atomic E-state index is 13.6. The highest BCUT2D eigenvalue weighted by Crippen LogP contribution is 2.36. The van der Waals surface area contributed by atoms with Gasteiger partial charge in [0.05, 0.1) is 12.1 Å². The van der Waals surface area contributed by atoms with Crippen LogP contribution in [-0.2, 0) is 4.79 Å². The Morgan fingerprint density at radius 3 is 2.94 bits per heavy atom. The second-order valence-corrected chi connectivity index (χ2v) is 3.94. The molecule has 1 heterocycles. The molecule has 1 amide bonds. The molecule has 2 N–H and O–H groups in total. The normalized spacial score (nSPS) is 20.1. The SMILES string of the molecule is CC1CC(=O)N(C)c2cc(N)cc(F)c2O1. The van der Waals surface area contributed by atoms with Crippen LogP contribution in [0.15, 0.2) is 12.1 Å². The van der Waals surface area contributed by atoms with Crippen LogP contribution in [0.1, 0.15) is 13.3 Å². The predicted molar refractivity (Wildman–Crippen MR) is 58.9 cm³/mol. The van der Waals surface area contributed by atoms with Crippen molar-refractivity contribution < 1.29 is 13.9 Å². The van der Waals surface area contributed by atoms with E-state index < -0.39 is 5.82 Å². The van der Waals surface area contributed by atoms with E-state index in [2.05, 4.69) is 0 Å². The van der Waals surface area contributed by atoms with E-state index in [0.29, 0.717) is 5.69 Å². The first-order chi connectivity index (χ1) is 7.49. The van der Waals surface area contributed by atoms with E-state index in [4.69, 9.17) is 10.5 Å². The standard InChI is InChI=1S/C11H13FN2O2/c1-6-3-10(15)14(2)9-5-7(13)4-8(12)11(9)16-6/h4-6H,3,13H2,1-2H3. The number of nitrogens with zero attached hydrogens (tertiary/aromatic N) is 1. The van der Waals surface area contributed by atoms with Gasteiger partial charge in [-0.3, -0.25) is 4.79 Å². The maximum Gasteiger partial charge on any atom is 0.230 e. The average Bonchev–Trinajstić information content (AvgIpc) is 2.29. The van der Waals surface area contributed by atoms with E-state index in [-0.39, 0.29) is 29.9 Å². The molecule has 5 heteroatoms. The molecule has 16 heavy (non-hydrogen) atoms. The van der Waals surface area contributed by atoms with Gasteiger partial charge < -0.3 is 15.4 Å². The zero-order chi connectivity index (χ0) is 11.9. The molecule has 0 aromatic heterocycles. The minimum Gasteiger partial charge on any atom is -0.485 e. The molecule has 1 aromatic carbocycles. The van der Waals surface area contributed by atoms with E-state index in [1.54, 1.807) is 14.0 Å². The van der Waals surface area contributed by atoms with Crippen molar-refractivity contribution in [1.82, 2.24) is 0 Å². The summed E-state index contributed by atoms with van der Waals surface area (Å²) < 4.78 is 19.0. The third-order valence-electron chi connectivity index (χ3n) is 2.56. The van der Waals surface area contributed by atoms with Gasteiger partial charge in [-0.2, -0.15) is 0 Å². The number of anilines is 2. The summed E-state index contributed by atoms with van der Waals surface area (Å²) in [6.07, 6.45) is -0.112. The minimum absolute atomic E-state index is 0.0926. The second-order valence-electron chi connectivity index (χ2n) is 3.94. The number of hydrogen-bond donors (Lipinski definition) is 1. The van der Waals surface area contributed by atoms with Crippen molar-refractivity contribution in [3.05, 3.63) is 17.9 Å². The molecular weight excluding hydrogens is 211 g/mol. The quantitative estimate of drug-likeness (QED) is 0.680. The molecule has 0 radical (unpaired) electrons. The highest BCUT2D eigenvalue weighted by atomic mass is 19.1. The number of amides is 1. The summed E-state index contributed by atoms with van der Waals surface area (Å²) in [7, 11) is 1.58. The molecule has 1 aliphatic rings. The number of benzene rings is 1. The summed E-state index contributed by atoms with van der Waals surface area (Å²) in [6.45, 7) is 1.73. The Bertz CT molecular complexity index is 448. The molecule has 1 aromatic rings. The van der Waals surface area contributed by atoms with Crippen LogP contribution in [0.3, 0.4) is 0 Å². The lowest BCUT2D eigenvalue weighted by atomic mass is 10.2. The fraction of sp³-hybridized carbons (Fsp3) is 0.364. The molecule has 1 unspecified atom stereocenters. The number of nitrogens with two attached hydrogens (primary N) is 1. The van der Waals surface area contributed by atoms with E-state index >= 15 is 0 Å². The van der Waals surface area contributed by atoms with Gasteiger partial charge in [0.15, 0.2) is 11.6 Å². The fourth-order valence-electron chi connectivity index (χ4n) is 1.73. The van der Waals surface area contributed by atoms with Crippen LogP contribution in [0.2, 0.25) is 0 Å². The van der Waals surface area contributed by atoms with Crippen molar-refractivity contribution in [2.75, 3.05) is 17.7 Å². The molecule has 0 bridgehead atoms. The Kier molecular flexibility index (Phi) is 2.46. The lowest BCUT2D eigenvalue weighted by Gasteiger charge is -2.17. The van der Waals surface area contributed by atoms with Crippen molar-refractivity contribution in [2.24, 2.45) is 0 Å². The number of ether oxygens (including phenoxy) is 1. The van der Waals surface area contributed by atoms with Gasteiger partial charge in [0.25, 0.3) is 0 Å². The van der Waals surface area contributed by atoms with Gasteiger partial charge >= 0.3 is 0 Å². The molecule has 86 valence electrons. The topological polar surface area (TPSA) is 55.6 Å². The summed E-state index contributed by atoms with van der Waals surface area (Å²) in [4.78, 5) is 13.1. The lowest BCUT2D eigenvalue weighted by Crippen LogP contribution is -2.27. The molecule has 0 saturated carbocycles. The van der Waals surface area contributed by atoms with Gasteiger partial charge in [-0.25, -0.2) is 4.39 Å². The number of halogens is 1. The number of nitrogen functional groups attached to an aromatic ring is 1. The number of carbonyl (C=O) groups excluding carboxylic acids is 1. The van der Waals surface area contributed by atoms with Crippen LogP contribution in [0.25, 0.3) is 0 Å². The summed E-state index contributed by atoms with van der Waals surface area (Å²) in [6, 6.07) is 2.73. The largest absolute Gasteiger partial charge is 0.485 e. The van der Waals surface area contributed by atoms with Crippen LogP contribution in [0.5, 0.6) is 5.75 Å². The smallest absolute Gasteiger partial charge is 0.230 e. The Balaban J connectivity index is 2.59. The monoisotopic (exact) mass is 224 g/mol. The van der Waals surface area contributed by atoms with Crippen molar-refractivity contribution in [1.29, 1.82) is 0 Å². The Labute approximate surface area is 92.8 Å². The molecule has 0 aliphatic carbocycles. The molecule has 4 nitrogen and oxygen atoms in total. The van der Waals surface area contributed by atoms with Crippen molar-refractivity contribution in [3.63, 3.8) is 0 Å². The van der Waals surface area contributed by atoms with E-state index in [1.165, 1.54) is 17.0 Å². The van der Waals surface area contributed by atoms with Gasteiger partial charge in [-0.15, -0.1) is 0 Å². The van der Waals surface area contributed by atoms with Gasteiger partial charge in [-0.1, -0.05) is 0 Å². The van der Waals surface area contributed by atoms with Crippen molar-refractivity contribution in [2.45, 2.75) is 19.4 Å². The van der Waals surface area contributed by atoms with Gasteiger partial charge in [0.2, 0.25) is 5.91 Å². The first kappa shape index (κ1) is 10.7. The zero-order valence-electron chi connectivity index (χ0n) is 9.16. The first-order valence-electron chi connectivity index (χ1n) is 5.01. The van der Waals surface area contributed by atoms with E-state index in [1.807, 2.05) is 0 Å². The third-order valence-corrected chi connectivity index (χ3v) is 2.56. The number of rotatable bonds is 0. The average molecular weight is 224 g/mol. The highest BCUT2D eigenvalue weighted by molar-refractivity contribution is 5.96. The molecule has 1 aliphatic heterocycles. The highest BCUT2D eigenvalue weighted by Gasteiger charge is 2.26. The third kappa shape index (κ3) is 1.68. The minimum atomic E-state index is -0.539. The van der Waals surface area contributed by atoms with Crippen LogP contribution in [-0.4, -0.2) is 19.1 Å². The van der Waals surface area contributed by atoms with Crippen LogP contribution in [0, 0.1) is 5.82 Å². The van der Waals surface area contributed by atoms with Gasteiger partial charge in [-0.05, 0) is 13.0 Å². The Morgan fingerprint density at radius 2 is 2.25 bits per heavy atom. The van der Waals surface area contributed by atoms with Crippen LogP contribution >= 0.6 is 0 Å². The van der Waals surface area contributed by atoms with E-state index in [0.717, 1.165) is 0 Å². The number of carbonyl (C=O) groups is 1. The van der Waals surface area contributed by atoms with Crippen molar-refractivity contribution in [3.8, 4) is 5.75 Å². The summed E-state index contributed by atoms with van der Waals surface area (Å²) in [5, 5.41) is 0. The Hall–Kier alpha value is -1.78. The number of fused-ring (bicyclic) bond motifs is 1.